The van der Waals surface area contributed by atoms with E-state index in [1.807, 2.05) is 18.2 Å². The number of carbonyl (C=O) groups is 1. The molecule has 8 nitrogen and oxygen atoms in total. The van der Waals surface area contributed by atoms with Crippen molar-refractivity contribution < 1.29 is 14.8 Å². The van der Waals surface area contributed by atoms with Crippen LogP contribution in [0.3, 0.4) is 0 Å². The van der Waals surface area contributed by atoms with Crippen LogP contribution in [-0.2, 0) is 6.54 Å². The van der Waals surface area contributed by atoms with Gasteiger partial charge in [0.15, 0.2) is 5.78 Å². The van der Waals surface area contributed by atoms with Crippen molar-refractivity contribution in [3.63, 3.8) is 0 Å². The van der Waals surface area contributed by atoms with Gasteiger partial charge in [-0.05, 0) is 49.4 Å². The zero-order chi connectivity index (χ0) is 23.9. The zero-order valence-electron chi connectivity index (χ0n) is 18.9. The molecule has 8 heteroatoms. The quantitative estimate of drug-likeness (QED) is 0.273. The van der Waals surface area contributed by atoms with E-state index < -0.39 is 4.92 Å². The van der Waals surface area contributed by atoms with Crippen LogP contribution in [0, 0.1) is 10.1 Å². The molecule has 0 radical (unpaired) electrons. The third-order valence-electron chi connectivity index (χ3n) is 6.17. The molecule has 1 atom stereocenters. The normalized spacial score (nSPS) is 15.7. The summed E-state index contributed by atoms with van der Waals surface area (Å²) in [5, 5.41) is 24.1. The van der Waals surface area contributed by atoms with Crippen molar-refractivity contribution in [1.29, 1.82) is 0 Å². The molecule has 1 aliphatic heterocycles. The molecule has 1 aliphatic rings. The summed E-state index contributed by atoms with van der Waals surface area (Å²) in [5.74, 6) is 0.629. The zero-order valence-corrected chi connectivity index (χ0v) is 18.9. The number of nitro benzene ring substituents is 1. The topological polar surface area (TPSA) is 109 Å². The highest BCUT2D eigenvalue weighted by Crippen LogP contribution is 2.28. The lowest BCUT2D eigenvalue weighted by Crippen LogP contribution is -2.40. The second-order valence-corrected chi connectivity index (χ2v) is 8.42. The van der Waals surface area contributed by atoms with E-state index in [9.17, 15) is 20.0 Å². The predicted octanol–water partition coefficient (Wildman–Crippen LogP) is 4.57. The van der Waals surface area contributed by atoms with Crippen molar-refractivity contribution in [1.82, 2.24) is 4.98 Å². The van der Waals surface area contributed by atoms with Gasteiger partial charge < -0.3 is 15.3 Å². The van der Waals surface area contributed by atoms with Crippen molar-refractivity contribution in [2.75, 3.05) is 23.4 Å². The molecule has 1 fully saturated rings. The first-order chi connectivity index (χ1) is 16.6. The Kier molecular flexibility index (Phi) is 7.49. The number of rotatable bonds is 9. The Morgan fingerprint density at radius 2 is 1.94 bits per heavy atom. The first-order valence-electron chi connectivity index (χ1n) is 11.5. The van der Waals surface area contributed by atoms with Gasteiger partial charge in [0.2, 0.25) is 0 Å². The van der Waals surface area contributed by atoms with Crippen molar-refractivity contribution >= 4 is 23.0 Å². The molecular formula is C26H28N4O4. The molecule has 2 aromatic carbocycles. The minimum absolute atomic E-state index is 0.147. The molecule has 2 heterocycles. The fourth-order valence-electron chi connectivity index (χ4n) is 4.37. The molecule has 34 heavy (non-hydrogen) atoms. The van der Waals surface area contributed by atoms with E-state index >= 15 is 0 Å². The maximum Gasteiger partial charge on any atom is 0.293 e. The smallest absolute Gasteiger partial charge is 0.293 e. The molecule has 0 aliphatic carbocycles. The first-order valence-corrected chi connectivity index (χ1v) is 11.5. The van der Waals surface area contributed by atoms with Gasteiger partial charge in [-0.15, -0.1) is 0 Å². The van der Waals surface area contributed by atoms with Gasteiger partial charge in [0.05, 0.1) is 4.92 Å². The highest BCUT2D eigenvalue weighted by molar-refractivity contribution is 6.09. The van der Waals surface area contributed by atoms with Crippen LogP contribution >= 0.6 is 0 Å². The monoisotopic (exact) mass is 460 g/mol. The molecule has 1 saturated heterocycles. The third-order valence-corrected chi connectivity index (χ3v) is 6.17. The summed E-state index contributed by atoms with van der Waals surface area (Å²) in [4.78, 5) is 30.7. The van der Waals surface area contributed by atoms with E-state index in [1.54, 1.807) is 42.6 Å². The average Bonchev–Trinajstić information content (AvgIpc) is 2.88. The molecule has 4 rings (SSSR count). The van der Waals surface area contributed by atoms with Gasteiger partial charge in [-0.25, -0.2) is 4.98 Å². The minimum Gasteiger partial charge on any atom is -0.396 e. The number of aliphatic hydroxyl groups is 1. The summed E-state index contributed by atoms with van der Waals surface area (Å²) in [6, 6.07) is 17.4. The van der Waals surface area contributed by atoms with Crippen LogP contribution in [0.2, 0.25) is 0 Å². The largest absolute Gasteiger partial charge is 0.396 e. The number of ketones is 1. The van der Waals surface area contributed by atoms with E-state index in [1.165, 1.54) is 6.07 Å². The van der Waals surface area contributed by atoms with Gasteiger partial charge in [0.1, 0.15) is 11.5 Å². The second kappa shape index (κ2) is 10.9. The summed E-state index contributed by atoms with van der Waals surface area (Å²) >= 11 is 0. The summed E-state index contributed by atoms with van der Waals surface area (Å²) in [6.45, 7) is 1.45. The number of benzene rings is 2. The Balaban J connectivity index is 1.45. The van der Waals surface area contributed by atoms with Crippen LogP contribution in [0.5, 0.6) is 0 Å². The number of carbonyl (C=O) groups excluding carboxylic acids is 1. The lowest BCUT2D eigenvalue weighted by molar-refractivity contribution is -0.384. The SMILES string of the molecule is O=C(c1ccccc1)c1ccc(NCc2ccc(N3CCCC[C@H]3CCO)nc2)c([N+](=O)[O-])c1. The van der Waals surface area contributed by atoms with Crippen LogP contribution in [0.1, 0.15) is 47.2 Å². The Morgan fingerprint density at radius 3 is 2.65 bits per heavy atom. The van der Waals surface area contributed by atoms with Crippen LogP contribution in [0.4, 0.5) is 17.2 Å². The molecule has 2 N–H and O–H groups in total. The third kappa shape index (κ3) is 5.40. The molecule has 0 saturated carbocycles. The number of hydrogen-bond donors (Lipinski definition) is 2. The van der Waals surface area contributed by atoms with Gasteiger partial charge in [0, 0.05) is 49.1 Å². The van der Waals surface area contributed by atoms with Crippen molar-refractivity contribution in [3.05, 3.63) is 93.7 Å². The number of nitro groups is 1. The number of anilines is 2. The Bertz CT molecular complexity index is 1130. The maximum absolute atomic E-state index is 12.7. The molecule has 3 aromatic rings. The van der Waals surface area contributed by atoms with E-state index in [0.717, 1.165) is 43.6 Å². The standard InChI is InChI=1S/C26H28N4O4/c31-15-13-22-8-4-5-14-29(22)25-12-9-19(18-28-25)17-27-23-11-10-21(16-24(23)30(33)34)26(32)20-6-2-1-3-7-20/h1-3,6-7,9-12,16,18,22,27,31H,4-5,8,13-15,17H2/t22-/m0/s1. The molecule has 176 valence electrons. The lowest BCUT2D eigenvalue weighted by atomic mass is 9.99. The number of aromatic nitrogens is 1. The minimum atomic E-state index is -0.483. The Hall–Kier alpha value is -3.78. The number of nitrogens with zero attached hydrogens (tertiary/aromatic N) is 3. The average molecular weight is 461 g/mol. The van der Waals surface area contributed by atoms with E-state index in [0.29, 0.717) is 23.8 Å². The van der Waals surface area contributed by atoms with Crippen LogP contribution in [0.25, 0.3) is 0 Å². The van der Waals surface area contributed by atoms with Gasteiger partial charge in [-0.2, -0.15) is 0 Å². The number of piperidine rings is 1. The molecular weight excluding hydrogens is 432 g/mol. The summed E-state index contributed by atoms with van der Waals surface area (Å²) in [6.07, 6.45) is 5.83. The number of hydrogen-bond acceptors (Lipinski definition) is 7. The van der Waals surface area contributed by atoms with Gasteiger partial charge in [-0.3, -0.25) is 14.9 Å². The van der Waals surface area contributed by atoms with Crippen LogP contribution < -0.4 is 10.2 Å². The molecule has 0 unspecified atom stereocenters. The van der Waals surface area contributed by atoms with E-state index in [-0.39, 0.29) is 23.6 Å². The van der Waals surface area contributed by atoms with Gasteiger partial charge in [-0.1, -0.05) is 36.4 Å². The predicted molar refractivity (Wildman–Crippen MR) is 131 cm³/mol. The Morgan fingerprint density at radius 1 is 1.12 bits per heavy atom. The summed E-state index contributed by atoms with van der Waals surface area (Å²) in [7, 11) is 0. The van der Waals surface area contributed by atoms with Crippen molar-refractivity contribution in [2.45, 2.75) is 38.3 Å². The molecule has 1 aromatic heterocycles. The fourth-order valence-corrected chi connectivity index (χ4v) is 4.37. The summed E-state index contributed by atoms with van der Waals surface area (Å²) in [5.41, 5.74) is 1.84. The van der Waals surface area contributed by atoms with Crippen molar-refractivity contribution in [3.8, 4) is 0 Å². The molecule has 0 bridgehead atoms. The second-order valence-electron chi connectivity index (χ2n) is 8.42. The number of aliphatic hydroxyl groups excluding tert-OH is 1. The van der Waals surface area contributed by atoms with Crippen molar-refractivity contribution in [2.24, 2.45) is 0 Å². The van der Waals surface area contributed by atoms with Crippen LogP contribution in [-0.4, -0.2) is 40.0 Å². The Labute approximate surface area is 198 Å². The first kappa shape index (κ1) is 23.4. The lowest BCUT2D eigenvalue weighted by Gasteiger charge is -2.36. The van der Waals surface area contributed by atoms with E-state index in [2.05, 4.69) is 15.2 Å². The van der Waals surface area contributed by atoms with Gasteiger partial charge in [0.25, 0.3) is 5.69 Å². The van der Waals surface area contributed by atoms with Gasteiger partial charge >= 0.3 is 0 Å². The fraction of sp³-hybridized carbons (Fsp3) is 0.308. The summed E-state index contributed by atoms with van der Waals surface area (Å²) < 4.78 is 0. The molecule has 0 spiro atoms. The van der Waals surface area contributed by atoms with E-state index in [4.69, 9.17) is 0 Å². The highest BCUT2D eigenvalue weighted by Gasteiger charge is 2.23. The number of nitrogens with one attached hydrogen (secondary N) is 1. The van der Waals surface area contributed by atoms with Crippen LogP contribution in [0.15, 0.2) is 66.9 Å². The number of pyridine rings is 1. The highest BCUT2D eigenvalue weighted by atomic mass is 16.6. The maximum atomic E-state index is 12.7. The molecule has 0 amide bonds.